The summed E-state index contributed by atoms with van der Waals surface area (Å²) < 4.78 is 16.8. The molecule has 1 aliphatic heterocycles. The van der Waals surface area contributed by atoms with E-state index in [2.05, 4.69) is 9.26 Å². The third-order valence-corrected chi connectivity index (χ3v) is 4.93. The lowest BCUT2D eigenvalue weighted by Gasteiger charge is -2.24. The van der Waals surface area contributed by atoms with Crippen molar-refractivity contribution in [3.05, 3.63) is 24.3 Å². The minimum atomic E-state index is -2.05. The number of nitrogens with zero attached hydrogens (tertiary/aromatic N) is 2. The molecule has 1 saturated heterocycles. The van der Waals surface area contributed by atoms with Gasteiger partial charge in [0.2, 0.25) is 0 Å². The minimum Gasteiger partial charge on any atom is -0.399 e. The maximum absolute atomic E-state index is 12.4. The fourth-order valence-corrected chi connectivity index (χ4v) is 3.72. The maximum atomic E-state index is 12.4. The number of benzene rings is 1. The molecule has 0 unspecified atom stereocenters. The van der Waals surface area contributed by atoms with Crippen LogP contribution in [0.4, 0.5) is 11.4 Å². The summed E-state index contributed by atoms with van der Waals surface area (Å²) in [5.41, 5.74) is 7.06. The fourth-order valence-electron chi connectivity index (χ4n) is 1.63. The summed E-state index contributed by atoms with van der Waals surface area (Å²) >= 11 is 0. The van der Waals surface area contributed by atoms with Gasteiger partial charge in [0.25, 0.3) is 0 Å². The Kier molecular flexibility index (Phi) is 3.16. The van der Waals surface area contributed by atoms with Gasteiger partial charge in [-0.15, -0.1) is 0 Å². The molecule has 1 aromatic carbocycles. The zero-order valence-corrected chi connectivity index (χ0v) is 10.2. The summed E-state index contributed by atoms with van der Waals surface area (Å²) in [5, 5.41) is 0. The van der Waals surface area contributed by atoms with Gasteiger partial charge in [0, 0.05) is 30.3 Å². The Morgan fingerprint density at radius 3 is 2.38 bits per heavy atom. The van der Waals surface area contributed by atoms with E-state index in [4.69, 9.17) is 5.73 Å². The van der Waals surface area contributed by atoms with Crippen LogP contribution in [0.3, 0.4) is 0 Å². The van der Waals surface area contributed by atoms with E-state index in [1.165, 1.54) is 0 Å². The second kappa shape index (κ2) is 4.43. The molecular weight excluding hydrogens is 222 g/mol. The van der Waals surface area contributed by atoms with E-state index in [-0.39, 0.29) is 0 Å². The van der Waals surface area contributed by atoms with Crippen LogP contribution < -0.4 is 5.73 Å². The zero-order chi connectivity index (χ0) is 11.6. The highest BCUT2D eigenvalue weighted by molar-refractivity contribution is 7.93. The number of nitrogen functional groups attached to an aromatic ring is 1. The summed E-state index contributed by atoms with van der Waals surface area (Å²) in [6.45, 7) is 1.72. The second-order valence-electron chi connectivity index (χ2n) is 4.17. The average Bonchev–Trinajstić information content (AvgIpc) is 2.27. The molecule has 4 nitrogen and oxygen atoms in total. The molecule has 1 heterocycles. The van der Waals surface area contributed by atoms with Crippen LogP contribution in [0.2, 0.25) is 0 Å². The van der Waals surface area contributed by atoms with Crippen LogP contribution in [0.25, 0.3) is 0 Å². The van der Waals surface area contributed by atoms with Gasteiger partial charge in [-0.3, -0.25) is 0 Å². The molecule has 0 amide bonds. The maximum Gasteiger partial charge on any atom is 0.0731 e. The van der Waals surface area contributed by atoms with Crippen molar-refractivity contribution in [3.8, 4) is 0 Å². The molecular formula is C11H17N3OS. The van der Waals surface area contributed by atoms with Gasteiger partial charge in [0.05, 0.1) is 15.4 Å². The molecule has 0 atom stereocenters. The normalized spacial score (nSPS) is 20.6. The lowest BCUT2D eigenvalue weighted by atomic mass is 10.3. The molecule has 1 aliphatic rings. The van der Waals surface area contributed by atoms with Crippen molar-refractivity contribution in [3.63, 3.8) is 0 Å². The van der Waals surface area contributed by atoms with E-state index in [9.17, 15) is 4.21 Å². The first-order valence-electron chi connectivity index (χ1n) is 5.34. The van der Waals surface area contributed by atoms with Crippen molar-refractivity contribution in [2.75, 3.05) is 37.4 Å². The highest BCUT2D eigenvalue weighted by atomic mass is 32.2. The number of anilines is 1. The smallest absolute Gasteiger partial charge is 0.0731 e. The molecule has 88 valence electrons. The van der Waals surface area contributed by atoms with Crippen LogP contribution in [-0.2, 0) is 9.73 Å². The van der Waals surface area contributed by atoms with Crippen molar-refractivity contribution in [2.45, 2.75) is 0 Å². The van der Waals surface area contributed by atoms with E-state index in [1.807, 2.05) is 19.2 Å². The molecule has 16 heavy (non-hydrogen) atoms. The van der Waals surface area contributed by atoms with Crippen molar-refractivity contribution in [1.29, 1.82) is 0 Å². The fraction of sp³-hybridized carbons (Fsp3) is 0.455. The van der Waals surface area contributed by atoms with Gasteiger partial charge in [0.15, 0.2) is 0 Å². The molecule has 1 fully saturated rings. The Hall–Kier alpha value is -1.07. The number of hydrogen-bond acceptors (Lipinski definition) is 4. The highest BCUT2D eigenvalue weighted by Gasteiger charge is 2.17. The Bertz CT molecular complexity index is 461. The van der Waals surface area contributed by atoms with Gasteiger partial charge >= 0.3 is 0 Å². The summed E-state index contributed by atoms with van der Waals surface area (Å²) in [4.78, 5) is 2.18. The summed E-state index contributed by atoms with van der Waals surface area (Å²) in [5.74, 6) is 1.32. The molecule has 2 rings (SSSR count). The molecule has 0 spiro atoms. The van der Waals surface area contributed by atoms with E-state index >= 15 is 0 Å². The van der Waals surface area contributed by atoms with Crippen LogP contribution in [-0.4, -0.2) is 40.8 Å². The third-order valence-electron chi connectivity index (χ3n) is 2.75. The van der Waals surface area contributed by atoms with E-state index in [1.54, 1.807) is 12.1 Å². The Morgan fingerprint density at radius 1 is 1.25 bits per heavy atom. The predicted molar refractivity (Wildman–Crippen MR) is 68.3 cm³/mol. The first-order valence-corrected chi connectivity index (χ1v) is 7.19. The van der Waals surface area contributed by atoms with Crippen LogP contribution in [0.1, 0.15) is 0 Å². The number of rotatable bonds is 1. The van der Waals surface area contributed by atoms with Gasteiger partial charge in [-0.2, -0.15) is 4.36 Å². The van der Waals surface area contributed by atoms with Crippen molar-refractivity contribution in [1.82, 2.24) is 4.90 Å². The molecule has 0 aromatic heterocycles. The molecule has 0 bridgehead atoms. The van der Waals surface area contributed by atoms with Gasteiger partial charge in [0.1, 0.15) is 0 Å². The first-order chi connectivity index (χ1) is 7.57. The van der Waals surface area contributed by atoms with Crippen molar-refractivity contribution >= 4 is 21.1 Å². The van der Waals surface area contributed by atoms with Gasteiger partial charge in [-0.05, 0) is 31.3 Å². The quantitative estimate of drug-likeness (QED) is 0.752. The Labute approximate surface area is 96.6 Å². The van der Waals surface area contributed by atoms with Crippen molar-refractivity contribution in [2.24, 2.45) is 4.36 Å². The van der Waals surface area contributed by atoms with Crippen LogP contribution in [0.15, 0.2) is 28.6 Å². The molecule has 0 aliphatic carbocycles. The molecule has 0 radical (unpaired) electrons. The molecule has 5 heteroatoms. The Morgan fingerprint density at radius 2 is 1.81 bits per heavy atom. The molecule has 1 aromatic rings. The average molecular weight is 239 g/mol. The lowest BCUT2D eigenvalue weighted by Crippen LogP contribution is -2.37. The lowest BCUT2D eigenvalue weighted by molar-refractivity contribution is 0.366. The Balaban J connectivity index is 2.23. The highest BCUT2D eigenvalue weighted by Crippen LogP contribution is 2.18. The van der Waals surface area contributed by atoms with Gasteiger partial charge in [-0.1, -0.05) is 0 Å². The standard InChI is InChI=1S/C11H17N3OS/c1-14-6-8-16(15,9-7-14)13-11-4-2-10(12)3-5-11/h2-5H,6-9,12H2,1H3. The van der Waals surface area contributed by atoms with Crippen LogP contribution in [0, 0.1) is 0 Å². The predicted octanol–water partition coefficient (Wildman–Crippen LogP) is 1.31. The topological polar surface area (TPSA) is 58.7 Å². The second-order valence-corrected chi connectivity index (χ2v) is 6.71. The van der Waals surface area contributed by atoms with Crippen LogP contribution in [0.5, 0.6) is 0 Å². The van der Waals surface area contributed by atoms with Crippen molar-refractivity contribution < 1.29 is 4.21 Å². The van der Waals surface area contributed by atoms with Crippen LogP contribution >= 0.6 is 0 Å². The number of nitrogens with two attached hydrogens (primary N) is 1. The SMILES string of the molecule is CN1CCS(=O)(=Nc2ccc(N)cc2)CC1. The largest absolute Gasteiger partial charge is 0.399 e. The first kappa shape index (κ1) is 11.4. The summed E-state index contributed by atoms with van der Waals surface area (Å²) in [6.07, 6.45) is 0. The minimum absolute atomic E-state index is 0.661. The monoisotopic (exact) mass is 239 g/mol. The van der Waals surface area contributed by atoms with Gasteiger partial charge in [-0.25, -0.2) is 4.21 Å². The molecule has 2 N–H and O–H groups in total. The summed E-state index contributed by atoms with van der Waals surface area (Å²) in [7, 11) is -0.00263. The molecule has 0 saturated carbocycles. The summed E-state index contributed by atoms with van der Waals surface area (Å²) in [6, 6.07) is 7.22. The third kappa shape index (κ3) is 2.74. The zero-order valence-electron chi connectivity index (χ0n) is 9.43. The van der Waals surface area contributed by atoms with Gasteiger partial charge < -0.3 is 10.6 Å². The van der Waals surface area contributed by atoms with E-state index < -0.39 is 9.73 Å². The van der Waals surface area contributed by atoms with E-state index in [0.717, 1.165) is 18.8 Å². The number of hydrogen-bond donors (Lipinski definition) is 1. The van der Waals surface area contributed by atoms with E-state index in [0.29, 0.717) is 17.2 Å².